The van der Waals surface area contributed by atoms with E-state index in [0.717, 1.165) is 36.8 Å². The Labute approximate surface area is 232 Å². The Morgan fingerprint density at radius 2 is 1.67 bits per heavy atom. The highest BCUT2D eigenvalue weighted by Crippen LogP contribution is 2.31. The number of ketones is 1. The fourth-order valence-electron chi connectivity index (χ4n) is 5.09. The van der Waals surface area contributed by atoms with E-state index in [2.05, 4.69) is 9.88 Å². The van der Waals surface area contributed by atoms with Crippen molar-refractivity contribution in [2.45, 2.75) is 31.6 Å². The summed E-state index contributed by atoms with van der Waals surface area (Å²) < 4.78 is 5.13. The van der Waals surface area contributed by atoms with Crippen LogP contribution in [0.3, 0.4) is 0 Å². The molecule has 9 nitrogen and oxygen atoms in total. The van der Waals surface area contributed by atoms with Crippen LogP contribution in [0.15, 0.2) is 54.0 Å². The highest BCUT2D eigenvalue weighted by atomic mass is 32.1. The summed E-state index contributed by atoms with van der Waals surface area (Å²) in [4.78, 5) is 53.3. The molecule has 4 heterocycles. The molecular weight excluding hydrogens is 514 g/mol. The van der Waals surface area contributed by atoms with E-state index < -0.39 is 0 Å². The largest absolute Gasteiger partial charge is 0.497 e. The fourth-order valence-corrected chi connectivity index (χ4v) is 6.06. The molecule has 0 N–H and O–H groups in total. The lowest BCUT2D eigenvalue weighted by atomic mass is 9.97. The van der Waals surface area contributed by atoms with Crippen LogP contribution in [0.5, 0.6) is 5.75 Å². The van der Waals surface area contributed by atoms with Crippen molar-refractivity contribution in [3.63, 3.8) is 0 Å². The topological polar surface area (TPSA) is 95.9 Å². The molecule has 0 saturated carbocycles. The first kappa shape index (κ1) is 26.8. The predicted molar refractivity (Wildman–Crippen MR) is 150 cm³/mol. The molecule has 2 saturated heterocycles. The van der Waals surface area contributed by atoms with Crippen LogP contribution in [0.4, 0.5) is 5.82 Å². The Hall–Kier alpha value is -3.79. The Kier molecular flexibility index (Phi) is 8.51. The minimum Gasteiger partial charge on any atom is -0.497 e. The molecule has 2 aromatic heterocycles. The quantitative estimate of drug-likeness (QED) is 0.395. The number of amides is 2. The highest BCUT2D eigenvalue weighted by Gasteiger charge is 2.28. The third kappa shape index (κ3) is 6.44. The summed E-state index contributed by atoms with van der Waals surface area (Å²) in [6, 6.07) is 12.8. The molecule has 204 valence electrons. The van der Waals surface area contributed by atoms with Crippen LogP contribution < -0.4 is 9.64 Å². The van der Waals surface area contributed by atoms with Crippen LogP contribution >= 0.6 is 11.3 Å². The number of rotatable bonds is 8. The van der Waals surface area contributed by atoms with Gasteiger partial charge in [0.2, 0.25) is 5.91 Å². The molecule has 3 aromatic rings. The van der Waals surface area contributed by atoms with Crippen LogP contribution in [0.2, 0.25) is 0 Å². The number of ether oxygens (including phenoxy) is 1. The second-order valence-corrected chi connectivity index (χ2v) is 10.7. The number of methoxy groups -OCH3 is 1. The van der Waals surface area contributed by atoms with Gasteiger partial charge in [-0.2, -0.15) is 0 Å². The standard InChI is InChI=1S/C29H33N5O4S/c1-38-23-7-5-21(6-8-23)25(35)9-10-27(36)33-14-11-22(12-15-33)28-31-24(20-39-28)29(37)34-18-16-32(17-19-34)26-4-2-3-13-30-26/h2-8,13,20,22H,9-12,14-19H2,1H3. The van der Waals surface area contributed by atoms with Gasteiger partial charge in [0.1, 0.15) is 17.3 Å². The minimum atomic E-state index is -0.0426. The van der Waals surface area contributed by atoms with Gasteiger partial charge in [-0.3, -0.25) is 14.4 Å². The van der Waals surface area contributed by atoms with Gasteiger partial charge >= 0.3 is 0 Å². The number of pyridine rings is 1. The molecule has 10 heteroatoms. The molecule has 2 fully saturated rings. The number of carbonyl (C=O) groups is 3. The number of Topliss-reactive ketones (excluding diaryl/α,β-unsaturated/α-hetero) is 1. The lowest BCUT2D eigenvalue weighted by Crippen LogP contribution is -2.49. The van der Waals surface area contributed by atoms with Crippen molar-refractivity contribution in [1.82, 2.24) is 19.8 Å². The van der Waals surface area contributed by atoms with Crippen molar-refractivity contribution in [2.24, 2.45) is 0 Å². The first-order chi connectivity index (χ1) is 19.0. The molecule has 39 heavy (non-hydrogen) atoms. The summed E-state index contributed by atoms with van der Waals surface area (Å²) in [6.45, 7) is 4.06. The van der Waals surface area contributed by atoms with E-state index in [9.17, 15) is 14.4 Å². The zero-order chi connectivity index (χ0) is 27.2. The van der Waals surface area contributed by atoms with Crippen LogP contribution in [-0.2, 0) is 4.79 Å². The molecule has 2 amide bonds. The molecule has 5 rings (SSSR count). The Balaban J connectivity index is 1.07. The maximum Gasteiger partial charge on any atom is 0.273 e. The number of thiazole rings is 1. The summed E-state index contributed by atoms with van der Waals surface area (Å²) in [7, 11) is 1.58. The maximum absolute atomic E-state index is 13.1. The molecule has 2 aliphatic rings. The van der Waals surface area contributed by atoms with Crippen molar-refractivity contribution < 1.29 is 19.1 Å². The molecular formula is C29H33N5O4S. The molecule has 0 aliphatic carbocycles. The van der Waals surface area contributed by atoms with Gasteiger partial charge in [-0.1, -0.05) is 6.07 Å². The third-order valence-electron chi connectivity index (χ3n) is 7.46. The second kappa shape index (κ2) is 12.4. The lowest BCUT2D eigenvalue weighted by molar-refractivity contribution is -0.132. The SMILES string of the molecule is COc1ccc(C(=O)CCC(=O)N2CCC(c3nc(C(=O)N4CCN(c5ccccn5)CC4)cs3)CC2)cc1. The second-order valence-electron chi connectivity index (χ2n) is 9.84. The molecule has 2 aliphatic heterocycles. The Morgan fingerprint density at radius 1 is 0.923 bits per heavy atom. The molecule has 0 spiro atoms. The number of benzene rings is 1. The zero-order valence-electron chi connectivity index (χ0n) is 22.1. The Bertz CT molecular complexity index is 1280. The van der Waals surface area contributed by atoms with Crippen LogP contribution in [0.25, 0.3) is 0 Å². The minimum absolute atomic E-state index is 0.00941. The number of piperazine rings is 1. The van der Waals surface area contributed by atoms with Crippen molar-refractivity contribution >= 4 is 34.8 Å². The summed E-state index contributed by atoms with van der Waals surface area (Å²) in [5.41, 5.74) is 1.10. The molecule has 1 aromatic carbocycles. The lowest BCUT2D eigenvalue weighted by Gasteiger charge is -2.35. The Morgan fingerprint density at radius 3 is 2.33 bits per heavy atom. The van der Waals surface area contributed by atoms with Crippen molar-refractivity contribution in [1.29, 1.82) is 0 Å². The monoisotopic (exact) mass is 547 g/mol. The van der Waals surface area contributed by atoms with E-state index >= 15 is 0 Å². The van der Waals surface area contributed by atoms with E-state index in [1.807, 2.05) is 33.4 Å². The zero-order valence-corrected chi connectivity index (χ0v) is 22.9. The highest BCUT2D eigenvalue weighted by molar-refractivity contribution is 7.09. The van der Waals surface area contributed by atoms with Crippen LogP contribution in [0, 0.1) is 0 Å². The van der Waals surface area contributed by atoms with Crippen LogP contribution in [-0.4, -0.2) is 83.7 Å². The molecule has 0 atom stereocenters. The molecule has 0 radical (unpaired) electrons. The number of hydrogen-bond acceptors (Lipinski definition) is 8. The predicted octanol–water partition coefficient (Wildman–Crippen LogP) is 3.88. The number of likely N-dealkylation sites (tertiary alicyclic amines) is 1. The summed E-state index contributed by atoms with van der Waals surface area (Å²) in [5.74, 6) is 1.82. The maximum atomic E-state index is 13.1. The van der Waals surface area contributed by atoms with Crippen molar-refractivity contribution in [3.8, 4) is 5.75 Å². The van der Waals surface area contributed by atoms with Gasteiger partial charge in [0.25, 0.3) is 5.91 Å². The van der Waals surface area contributed by atoms with Gasteiger partial charge in [-0.05, 0) is 49.2 Å². The van der Waals surface area contributed by atoms with Crippen molar-refractivity contribution in [2.75, 3.05) is 51.3 Å². The van der Waals surface area contributed by atoms with Gasteiger partial charge in [-0.25, -0.2) is 9.97 Å². The third-order valence-corrected chi connectivity index (χ3v) is 8.46. The number of piperidine rings is 1. The van der Waals surface area contributed by atoms with Gasteiger partial charge in [0.05, 0.1) is 12.1 Å². The number of anilines is 1. The smallest absolute Gasteiger partial charge is 0.273 e. The normalized spacial score (nSPS) is 16.3. The van der Waals surface area contributed by atoms with E-state index in [1.165, 1.54) is 11.3 Å². The van der Waals surface area contributed by atoms with Gasteiger partial charge in [-0.15, -0.1) is 11.3 Å². The van der Waals surface area contributed by atoms with E-state index in [-0.39, 0.29) is 36.4 Å². The average Bonchev–Trinajstić information content (AvgIpc) is 3.50. The van der Waals surface area contributed by atoms with Crippen LogP contribution in [0.1, 0.15) is 57.5 Å². The summed E-state index contributed by atoms with van der Waals surface area (Å²) >= 11 is 1.53. The number of hydrogen-bond donors (Lipinski definition) is 0. The van der Waals surface area contributed by atoms with Crippen molar-refractivity contribution in [3.05, 3.63) is 70.3 Å². The summed E-state index contributed by atoms with van der Waals surface area (Å²) in [5, 5.41) is 2.83. The number of nitrogens with zero attached hydrogens (tertiary/aromatic N) is 5. The first-order valence-electron chi connectivity index (χ1n) is 13.4. The number of aromatic nitrogens is 2. The van der Waals surface area contributed by atoms with E-state index in [1.54, 1.807) is 37.6 Å². The molecule has 0 unspecified atom stereocenters. The van der Waals surface area contributed by atoms with Gasteiger partial charge in [0.15, 0.2) is 5.78 Å². The molecule has 0 bridgehead atoms. The van der Waals surface area contributed by atoms with Gasteiger partial charge < -0.3 is 19.4 Å². The summed E-state index contributed by atoms with van der Waals surface area (Å²) in [6.07, 6.45) is 3.80. The average molecular weight is 548 g/mol. The fraction of sp³-hybridized carbons (Fsp3) is 0.414. The van der Waals surface area contributed by atoms with E-state index in [0.29, 0.717) is 43.2 Å². The van der Waals surface area contributed by atoms with Gasteiger partial charge in [0, 0.05) is 75.2 Å². The first-order valence-corrected chi connectivity index (χ1v) is 14.3. The number of carbonyl (C=O) groups excluding carboxylic acids is 3. The van der Waals surface area contributed by atoms with E-state index in [4.69, 9.17) is 9.72 Å².